The van der Waals surface area contributed by atoms with Crippen molar-refractivity contribution in [3.8, 4) is 11.8 Å². The fraction of sp³-hybridized carbons (Fsp3) is 0.0909. The van der Waals surface area contributed by atoms with Crippen molar-refractivity contribution in [2.45, 2.75) is 0 Å². The number of nitriles is 1. The van der Waals surface area contributed by atoms with Crippen LogP contribution in [-0.4, -0.2) is 12.1 Å². The van der Waals surface area contributed by atoms with Gasteiger partial charge in [0.15, 0.2) is 0 Å². The maximum atomic E-state index is 8.87. The normalized spacial score (nSPS) is 10.1. The number of ether oxygens (including phenoxy) is 1. The highest BCUT2D eigenvalue weighted by Gasteiger charge is 2.13. The second kappa shape index (κ2) is 4.28. The Hall–Kier alpha value is -1.31. The lowest BCUT2D eigenvalue weighted by atomic mass is 10.1. The molecule has 0 atom stereocenters. The van der Waals surface area contributed by atoms with E-state index in [0.29, 0.717) is 27.2 Å². The molecule has 0 radical (unpaired) electrons. The summed E-state index contributed by atoms with van der Waals surface area (Å²) >= 11 is 9.51. The fourth-order valence-corrected chi connectivity index (χ4v) is 2.36. The summed E-state index contributed by atoms with van der Waals surface area (Å²) in [5.41, 5.74) is 0.990. The second-order valence-corrected chi connectivity index (χ2v) is 4.30. The van der Waals surface area contributed by atoms with Gasteiger partial charge in [-0.3, -0.25) is 4.98 Å². The van der Waals surface area contributed by atoms with E-state index in [4.69, 9.17) is 21.6 Å². The van der Waals surface area contributed by atoms with Crippen LogP contribution >= 0.6 is 27.5 Å². The van der Waals surface area contributed by atoms with Crippen LogP contribution in [0.2, 0.25) is 5.02 Å². The van der Waals surface area contributed by atoms with E-state index in [1.54, 1.807) is 13.2 Å². The Balaban J connectivity index is 2.94. The molecule has 0 saturated carbocycles. The molecule has 1 aromatic carbocycles. The predicted octanol–water partition coefficient (Wildman–Crippen LogP) is 3.53. The van der Waals surface area contributed by atoms with Crippen molar-refractivity contribution < 1.29 is 4.74 Å². The van der Waals surface area contributed by atoms with Crippen LogP contribution in [0.5, 0.6) is 5.75 Å². The molecule has 3 nitrogen and oxygen atoms in total. The summed E-state index contributed by atoms with van der Waals surface area (Å²) in [5.74, 6) is 0.629. The molecule has 0 aliphatic carbocycles. The van der Waals surface area contributed by atoms with E-state index in [0.717, 1.165) is 4.47 Å². The fourth-order valence-electron chi connectivity index (χ4n) is 1.45. The number of fused-ring (bicyclic) bond motifs is 1. The van der Waals surface area contributed by atoms with Crippen LogP contribution in [0.25, 0.3) is 10.9 Å². The van der Waals surface area contributed by atoms with Gasteiger partial charge in [0.2, 0.25) is 0 Å². The molecule has 16 heavy (non-hydrogen) atoms. The van der Waals surface area contributed by atoms with E-state index in [1.165, 1.54) is 6.20 Å². The molecule has 0 saturated heterocycles. The SMILES string of the molecule is COc1ccc(Br)c2c(Cl)c(C#N)cnc12. The van der Waals surface area contributed by atoms with Crippen LogP contribution in [0, 0.1) is 11.3 Å². The van der Waals surface area contributed by atoms with Gasteiger partial charge >= 0.3 is 0 Å². The standard InChI is InChI=1S/C11H6BrClN2O/c1-16-8-3-2-7(12)9-10(13)6(4-14)5-15-11(8)9/h2-3,5H,1H3. The van der Waals surface area contributed by atoms with E-state index in [9.17, 15) is 0 Å². The molecule has 0 N–H and O–H groups in total. The molecule has 2 rings (SSSR count). The van der Waals surface area contributed by atoms with Crippen LogP contribution in [0.1, 0.15) is 5.56 Å². The second-order valence-electron chi connectivity index (χ2n) is 3.07. The van der Waals surface area contributed by atoms with E-state index in [2.05, 4.69) is 20.9 Å². The lowest BCUT2D eigenvalue weighted by Gasteiger charge is -2.08. The van der Waals surface area contributed by atoms with E-state index < -0.39 is 0 Å². The molecule has 0 aliphatic rings. The summed E-state index contributed by atoms with van der Waals surface area (Å²) in [6.07, 6.45) is 1.44. The Morgan fingerprint density at radius 1 is 1.50 bits per heavy atom. The zero-order valence-electron chi connectivity index (χ0n) is 8.29. The number of pyridine rings is 1. The molecule has 5 heteroatoms. The minimum Gasteiger partial charge on any atom is -0.494 e. The van der Waals surface area contributed by atoms with Crippen molar-refractivity contribution in [1.82, 2.24) is 4.98 Å². The number of rotatable bonds is 1. The molecule has 0 unspecified atom stereocenters. The number of benzene rings is 1. The molecule has 80 valence electrons. The quantitative estimate of drug-likeness (QED) is 0.809. The van der Waals surface area contributed by atoms with Crippen molar-refractivity contribution in [1.29, 1.82) is 5.26 Å². The lowest BCUT2D eigenvalue weighted by molar-refractivity contribution is 0.419. The smallest absolute Gasteiger partial charge is 0.145 e. The number of hydrogen-bond donors (Lipinski definition) is 0. The molecule has 0 aliphatic heterocycles. The van der Waals surface area contributed by atoms with Crippen LogP contribution in [0.3, 0.4) is 0 Å². The Morgan fingerprint density at radius 2 is 2.25 bits per heavy atom. The maximum Gasteiger partial charge on any atom is 0.145 e. The van der Waals surface area contributed by atoms with Gasteiger partial charge in [0.25, 0.3) is 0 Å². The Bertz CT molecular complexity index is 607. The van der Waals surface area contributed by atoms with Gasteiger partial charge in [-0.15, -0.1) is 0 Å². The lowest BCUT2D eigenvalue weighted by Crippen LogP contribution is -1.91. The highest BCUT2D eigenvalue weighted by Crippen LogP contribution is 2.36. The first-order chi connectivity index (χ1) is 7.69. The number of methoxy groups -OCH3 is 1. The number of nitrogens with zero attached hydrogens (tertiary/aromatic N) is 2. The van der Waals surface area contributed by atoms with Crippen LogP contribution in [-0.2, 0) is 0 Å². The van der Waals surface area contributed by atoms with Crippen molar-refractivity contribution in [3.05, 3.63) is 33.4 Å². The Labute approximate surface area is 106 Å². The topological polar surface area (TPSA) is 45.9 Å². The Kier molecular flexibility index (Phi) is 2.99. The molecular weight excluding hydrogens is 291 g/mol. The predicted molar refractivity (Wildman–Crippen MR) is 65.7 cm³/mol. The third-order valence-corrected chi connectivity index (χ3v) is 3.26. The summed E-state index contributed by atoms with van der Waals surface area (Å²) < 4.78 is 5.98. The average Bonchev–Trinajstić information content (AvgIpc) is 2.30. The molecular formula is C11H6BrClN2O. The summed E-state index contributed by atoms with van der Waals surface area (Å²) in [6, 6.07) is 5.60. The van der Waals surface area contributed by atoms with E-state index >= 15 is 0 Å². The first-order valence-electron chi connectivity index (χ1n) is 4.40. The first-order valence-corrected chi connectivity index (χ1v) is 5.57. The third kappa shape index (κ3) is 1.62. The summed E-state index contributed by atoms with van der Waals surface area (Å²) in [6.45, 7) is 0. The summed E-state index contributed by atoms with van der Waals surface area (Å²) in [5, 5.41) is 9.96. The van der Waals surface area contributed by atoms with Crippen LogP contribution in [0.15, 0.2) is 22.8 Å². The van der Waals surface area contributed by atoms with Crippen molar-refractivity contribution in [2.75, 3.05) is 7.11 Å². The average molecular weight is 298 g/mol. The number of halogens is 2. The van der Waals surface area contributed by atoms with Gasteiger partial charge < -0.3 is 4.74 Å². The van der Waals surface area contributed by atoms with Gasteiger partial charge in [-0.25, -0.2) is 0 Å². The van der Waals surface area contributed by atoms with Crippen molar-refractivity contribution >= 4 is 38.4 Å². The van der Waals surface area contributed by atoms with Gasteiger partial charge in [-0.1, -0.05) is 27.5 Å². The molecule has 2 aromatic rings. The first kappa shape index (κ1) is 11.2. The molecule has 1 aromatic heterocycles. The minimum absolute atomic E-state index is 0.350. The third-order valence-electron chi connectivity index (χ3n) is 2.21. The monoisotopic (exact) mass is 296 g/mol. The molecule has 0 amide bonds. The molecule has 1 heterocycles. The summed E-state index contributed by atoms with van der Waals surface area (Å²) in [4.78, 5) is 4.18. The van der Waals surface area contributed by atoms with Crippen molar-refractivity contribution in [3.63, 3.8) is 0 Å². The molecule has 0 fully saturated rings. The van der Waals surface area contributed by atoms with Gasteiger partial charge in [-0.05, 0) is 12.1 Å². The maximum absolute atomic E-state index is 8.87. The van der Waals surface area contributed by atoms with Gasteiger partial charge in [0.05, 0.1) is 17.7 Å². The summed E-state index contributed by atoms with van der Waals surface area (Å²) in [7, 11) is 1.57. The largest absolute Gasteiger partial charge is 0.494 e. The highest BCUT2D eigenvalue weighted by molar-refractivity contribution is 9.10. The highest BCUT2D eigenvalue weighted by atomic mass is 79.9. The van der Waals surface area contributed by atoms with Crippen LogP contribution < -0.4 is 4.74 Å². The molecule has 0 bridgehead atoms. The number of aromatic nitrogens is 1. The van der Waals surface area contributed by atoms with Crippen LogP contribution in [0.4, 0.5) is 0 Å². The van der Waals surface area contributed by atoms with E-state index in [-0.39, 0.29) is 0 Å². The minimum atomic E-state index is 0.350. The number of hydrogen-bond acceptors (Lipinski definition) is 3. The van der Waals surface area contributed by atoms with Gasteiger partial charge in [-0.2, -0.15) is 5.26 Å². The molecule has 0 spiro atoms. The Morgan fingerprint density at radius 3 is 2.88 bits per heavy atom. The van der Waals surface area contributed by atoms with Crippen molar-refractivity contribution in [2.24, 2.45) is 0 Å². The van der Waals surface area contributed by atoms with Gasteiger partial charge in [0.1, 0.15) is 17.3 Å². The van der Waals surface area contributed by atoms with Gasteiger partial charge in [0, 0.05) is 16.1 Å². The zero-order valence-corrected chi connectivity index (χ0v) is 10.6. The van der Waals surface area contributed by atoms with E-state index in [1.807, 2.05) is 12.1 Å². The zero-order chi connectivity index (χ0) is 11.7.